The van der Waals surface area contributed by atoms with Crippen molar-refractivity contribution in [1.29, 1.82) is 0 Å². The molecule has 2 aromatic carbocycles. The van der Waals surface area contributed by atoms with Gasteiger partial charge in [-0.25, -0.2) is 8.42 Å². The molecule has 2 nitrogen and oxygen atoms in total. The normalized spacial score (nSPS) is 11.7. The van der Waals surface area contributed by atoms with Crippen LogP contribution < -0.4 is 0 Å². The fourth-order valence-electron chi connectivity index (χ4n) is 1.78. The fraction of sp³-hybridized carbons (Fsp3) is 0.0769. The average Bonchev–Trinajstić information content (AvgIpc) is 2.36. The van der Waals surface area contributed by atoms with Gasteiger partial charge in [-0.1, -0.05) is 58.0 Å². The van der Waals surface area contributed by atoms with E-state index in [0.717, 1.165) is 6.26 Å². The summed E-state index contributed by atoms with van der Waals surface area (Å²) in [7, 11) is -3.58. The molecular weight excluding hydrogens is 397 g/mol. The van der Waals surface area contributed by atoms with Crippen LogP contribution in [0.4, 0.5) is 0 Å². The Morgan fingerprint density at radius 2 is 1.48 bits per heavy atom. The standard InChI is InChI=1S/C13H7Cl5O2S/c1-21(19,20)10-5-9(16)12(17)11(13(10)18)7-4-6(14)2-3-8(7)15/h2-5H,1H3. The van der Waals surface area contributed by atoms with Crippen molar-refractivity contribution in [1.82, 2.24) is 0 Å². The first-order chi connectivity index (χ1) is 9.62. The third-order valence-corrected chi connectivity index (χ3v) is 5.70. The van der Waals surface area contributed by atoms with Crippen LogP contribution in [0.25, 0.3) is 11.1 Å². The van der Waals surface area contributed by atoms with Crippen LogP contribution in [0.3, 0.4) is 0 Å². The summed E-state index contributed by atoms with van der Waals surface area (Å²) in [4.78, 5) is -0.121. The molecule has 0 aliphatic rings. The van der Waals surface area contributed by atoms with Gasteiger partial charge in [0.15, 0.2) is 9.84 Å². The zero-order valence-electron chi connectivity index (χ0n) is 10.4. The van der Waals surface area contributed by atoms with Gasteiger partial charge in [-0.3, -0.25) is 0 Å². The van der Waals surface area contributed by atoms with E-state index in [9.17, 15) is 8.42 Å². The summed E-state index contributed by atoms with van der Waals surface area (Å²) in [5, 5.41) is 0.856. The first-order valence-corrected chi connectivity index (χ1v) is 9.24. The summed E-state index contributed by atoms with van der Waals surface area (Å²) < 4.78 is 23.6. The van der Waals surface area contributed by atoms with Crippen molar-refractivity contribution in [3.8, 4) is 11.1 Å². The summed E-state index contributed by atoms with van der Waals surface area (Å²) in [5.74, 6) is 0. The Hall–Kier alpha value is -0.160. The van der Waals surface area contributed by atoms with Crippen LogP contribution >= 0.6 is 58.0 Å². The van der Waals surface area contributed by atoms with Crippen LogP contribution in [0, 0.1) is 0 Å². The molecule has 0 unspecified atom stereocenters. The molecule has 0 saturated carbocycles. The molecule has 0 aliphatic heterocycles. The zero-order valence-corrected chi connectivity index (χ0v) is 15.0. The molecule has 0 amide bonds. The van der Waals surface area contributed by atoms with Crippen molar-refractivity contribution >= 4 is 67.8 Å². The molecule has 21 heavy (non-hydrogen) atoms. The van der Waals surface area contributed by atoms with E-state index in [2.05, 4.69) is 0 Å². The molecule has 0 radical (unpaired) electrons. The van der Waals surface area contributed by atoms with E-state index in [-0.39, 0.29) is 25.5 Å². The van der Waals surface area contributed by atoms with Crippen LogP contribution in [0.1, 0.15) is 0 Å². The van der Waals surface area contributed by atoms with E-state index in [1.54, 1.807) is 18.2 Å². The smallest absolute Gasteiger partial charge is 0.177 e. The number of hydrogen-bond acceptors (Lipinski definition) is 2. The van der Waals surface area contributed by atoms with Gasteiger partial charge in [-0.05, 0) is 24.3 Å². The highest BCUT2D eigenvalue weighted by Gasteiger charge is 2.23. The minimum Gasteiger partial charge on any atom is -0.224 e. The van der Waals surface area contributed by atoms with Gasteiger partial charge in [0.2, 0.25) is 0 Å². The molecule has 0 N–H and O–H groups in total. The monoisotopic (exact) mass is 402 g/mol. The van der Waals surface area contributed by atoms with E-state index < -0.39 is 9.84 Å². The van der Waals surface area contributed by atoms with E-state index in [1.165, 1.54) is 6.07 Å². The first kappa shape index (κ1) is 17.2. The maximum atomic E-state index is 11.8. The highest BCUT2D eigenvalue weighted by atomic mass is 35.5. The molecule has 2 rings (SSSR count). The van der Waals surface area contributed by atoms with Gasteiger partial charge >= 0.3 is 0 Å². The zero-order chi connectivity index (χ0) is 15.9. The molecule has 112 valence electrons. The minimum atomic E-state index is -3.58. The number of hydrogen-bond donors (Lipinski definition) is 0. The first-order valence-electron chi connectivity index (χ1n) is 5.46. The van der Waals surface area contributed by atoms with Gasteiger partial charge in [0, 0.05) is 27.4 Å². The second-order valence-electron chi connectivity index (χ2n) is 4.26. The molecule has 0 spiro atoms. The highest BCUT2D eigenvalue weighted by molar-refractivity contribution is 7.90. The second-order valence-corrected chi connectivity index (χ2v) is 8.25. The number of sulfone groups is 1. The van der Waals surface area contributed by atoms with Gasteiger partial charge in [0.1, 0.15) is 0 Å². The lowest BCUT2D eigenvalue weighted by molar-refractivity contribution is 0.602. The Morgan fingerprint density at radius 1 is 0.857 bits per heavy atom. The molecular formula is C13H7Cl5O2S. The van der Waals surface area contributed by atoms with Gasteiger partial charge in [0.05, 0.1) is 20.0 Å². The molecule has 2 aromatic rings. The fourth-order valence-corrected chi connectivity index (χ4v) is 4.16. The summed E-state index contributed by atoms with van der Waals surface area (Å²) in [5.41, 5.74) is 0.644. The average molecular weight is 405 g/mol. The summed E-state index contributed by atoms with van der Waals surface area (Å²) >= 11 is 30.4. The van der Waals surface area contributed by atoms with E-state index in [0.29, 0.717) is 15.6 Å². The lowest BCUT2D eigenvalue weighted by Gasteiger charge is -2.14. The maximum absolute atomic E-state index is 11.8. The predicted molar refractivity (Wildman–Crippen MR) is 90.0 cm³/mol. The Labute approximate surface area is 147 Å². The van der Waals surface area contributed by atoms with Gasteiger partial charge in [0.25, 0.3) is 0 Å². The van der Waals surface area contributed by atoms with Crippen LogP contribution in [0.2, 0.25) is 25.1 Å². The van der Waals surface area contributed by atoms with E-state index in [1.807, 2.05) is 0 Å². The van der Waals surface area contributed by atoms with Crippen LogP contribution in [0.5, 0.6) is 0 Å². The molecule has 0 aliphatic carbocycles. The minimum absolute atomic E-state index is 0.0453. The van der Waals surface area contributed by atoms with E-state index in [4.69, 9.17) is 58.0 Å². The van der Waals surface area contributed by atoms with Crippen molar-refractivity contribution < 1.29 is 8.42 Å². The van der Waals surface area contributed by atoms with E-state index >= 15 is 0 Å². The lowest BCUT2D eigenvalue weighted by Crippen LogP contribution is -2.00. The van der Waals surface area contributed by atoms with Gasteiger partial charge in [-0.15, -0.1) is 0 Å². The third kappa shape index (κ3) is 3.44. The SMILES string of the molecule is CS(=O)(=O)c1cc(Cl)c(Cl)c(-c2cc(Cl)ccc2Cl)c1Cl. The number of halogens is 5. The highest BCUT2D eigenvalue weighted by Crippen LogP contribution is 2.45. The largest absolute Gasteiger partial charge is 0.224 e. The van der Waals surface area contributed by atoms with Crippen LogP contribution in [0.15, 0.2) is 29.2 Å². The topological polar surface area (TPSA) is 34.1 Å². The van der Waals surface area contributed by atoms with Gasteiger partial charge < -0.3 is 0 Å². The Morgan fingerprint density at radius 3 is 2.05 bits per heavy atom. The summed E-state index contributed by atoms with van der Waals surface area (Å²) in [6, 6.07) is 5.91. The Bertz CT molecular complexity index is 831. The lowest BCUT2D eigenvalue weighted by atomic mass is 10.1. The van der Waals surface area contributed by atoms with Crippen LogP contribution in [-0.2, 0) is 9.84 Å². The molecule has 0 atom stereocenters. The van der Waals surface area contributed by atoms with Crippen molar-refractivity contribution in [2.75, 3.05) is 6.26 Å². The van der Waals surface area contributed by atoms with Crippen molar-refractivity contribution in [3.63, 3.8) is 0 Å². The van der Waals surface area contributed by atoms with Crippen molar-refractivity contribution in [2.45, 2.75) is 4.90 Å². The third-order valence-electron chi connectivity index (χ3n) is 2.72. The molecule has 0 fully saturated rings. The van der Waals surface area contributed by atoms with Crippen molar-refractivity contribution in [3.05, 3.63) is 49.4 Å². The Balaban J connectivity index is 2.92. The van der Waals surface area contributed by atoms with Crippen LogP contribution in [-0.4, -0.2) is 14.7 Å². The predicted octanol–water partition coefficient (Wildman–Crippen LogP) is 6.02. The summed E-state index contributed by atoms with van der Waals surface area (Å²) in [6.45, 7) is 0. The summed E-state index contributed by atoms with van der Waals surface area (Å²) in [6.07, 6.45) is 1.03. The molecule has 0 heterocycles. The number of benzene rings is 2. The molecule has 8 heteroatoms. The second kappa shape index (κ2) is 6.15. The van der Waals surface area contributed by atoms with Gasteiger partial charge in [-0.2, -0.15) is 0 Å². The maximum Gasteiger partial charge on any atom is 0.177 e. The Kier molecular flexibility index (Phi) is 5.04. The molecule has 0 aromatic heterocycles. The molecule has 0 saturated heterocycles. The number of rotatable bonds is 2. The quantitative estimate of drug-likeness (QED) is 0.573. The van der Waals surface area contributed by atoms with Crippen molar-refractivity contribution in [2.24, 2.45) is 0 Å². The molecule has 0 bridgehead atoms.